The van der Waals surface area contributed by atoms with E-state index in [2.05, 4.69) is 18.6 Å². The van der Waals surface area contributed by atoms with Gasteiger partial charge in [0, 0.05) is 19.0 Å². The normalized spacial score (nSPS) is 21.4. The lowest BCUT2D eigenvalue weighted by Crippen LogP contribution is -2.39. The Morgan fingerprint density at radius 3 is 2.27 bits per heavy atom. The van der Waals surface area contributed by atoms with Gasteiger partial charge in [0.2, 0.25) is 5.91 Å². The maximum Gasteiger partial charge on any atom is 0.307 e. The van der Waals surface area contributed by atoms with Crippen LogP contribution in [0.5, 0.6) is 0 Å². The van der Waals surface area contributed by atoms with Gasteiger partial charge in [-0.15, -0.1) is 0 Å². The monoisotopic (exact) mass is 311 g/mol. The van der Waals surface area contributed by atoms with Gasteiger partial charge >= 0.3 is 5.97 Å². The van der Waals surface area contributed by atoms with Crippen LogP contribution >= 0.6 is 0 Å². The van der Waals surface area contributed by atoms with Crippen LogP contribution in [-0.4, -0.2) is 37.0 Å². The predicted molar refractivity (Wildman–Crippen MR) is 88.5 cm³/mol. The molecule has 0 aromatic heterocycles. The third kappa shape index (κ3) is 6.37. The van der Waals surface area contributed by atoms with Crippen molar-refractivity contribution in [1.82, 2.24) is 4.90 Å². The second kappa shape index (κ2) is 10.6. The SMILES string of the molecule is CCCCC1CCC(C(=O)N(CCC)CCC(=O)OC)CC1. The van der Waals surface area contributed by atoms with Crippen LogP contribution in [0.2, 0.25) is 0 Å². The van der Waals surface area contributed by atoms with Crippen LogP contribution in [0, 0.1) is 11.8 Å². The largest absolute Gasteiger partial charge is 0.469 e. The minimum absolute atomic E-state index is 0.169. The average molecular weight is 311 g/mol. The Bertz CT molecular complexity index is 335. The number of methoxy groups -OCH3 is 1. The molecule has 1 rings (SSSR count). The van der Waals surface area contributed by atoms with Gasteiger partial charge in [0.1, 0.15) is 0 Å². The Balaban J connectivity index is 2.44. The van der Waals surface area contributed by atoms with Gasteiger partial charge in [-0.25, -0.2) is 0 Å². The van der Waals surface area contributed by atoms with E-state index in [9.17, 15) is 9.59 Å². The van der Waals surface area contributed by atoms with E-state index in [1.165, 1.54) is 39.2 Å². The van der Waals surface area contributed by atoms with Crippen molar-refractivity contribution in [2.75, 3.05) is 20.2 Å². The molecule has 22 heavy (non-hydrogen) atoms. The highest BCUT2D eigenvalue weighted by atomic mass is 16.5. The number of amides is 1. The third-order valence-electron chi connectivity index (χ3n) is 4.78. The second-order valence-electron chi connectivity index (χ2n) is 6.51. The van der Waals surface area contributed by atoms with E-state index in [0.717, 1.165) is 31.7 Å². The summed E-state index contributed by atoms with van der Waals surface area (Å²) in [6.07, 6.45) is 9.53. The maximum atomic E-state index is 12.7. The van der Waals surface area contributed by atoms with E-state index in [1.54, 1.807) is 0 Å². The number of rotatable bonds is 9. The molecule has 1 fully saturated rings. The molecule has 1 saturated carbocycles. The maximum absolute atomic E-state index is 12.7. The lowest BCUT2D eigenvalue weighted by atomic mass is 9.79. The molecule has 0 saturated heterocycles. The molecule has 0 unspecified atom stereocenters. The molecule has 0 heterocycles. The van der Waals surface area contributed by atoms with Crippen molar-refractivity contribution in [1.29, 1.82) is 0 Å². The first-order chi connectivity index (χ1) is 10.6. The highest BCUT2D eigenvalue weighted by Gasteiger charge is 2.29. The van der Waals surface area contributed by atoms with Crippen LogP contribution in [0.4, 0.5) is 0 Å². The first-order valence-corrected chi connectivity index (χ1v) is 8.97. The molecule has 0 atom stereocenters. The lowest BCUT2D eigenvalue weighted by molar-refractivity contribution is -0.142. The standard InChI is InChI=1S/C18H33NO3/c1-4-6-7-15-8-10-16(11-9-15)18(21)19(13-5-2)14-12-17(20)22-3/h15-16H,4-14H2,1-3H3. The zero-order valence-electron chi connectivity index (χ0n) is 14.6. The molecule has 128 valence electrons. The van der Waals surface area contributed by atoms with Crippen molar-refractivity contribution in [3.05, 3.63) is 0 Å². The summed E-state index contributed by atoms with van der Waals surface area (Å²) in [7, 11) is 1.39. The molecule has 4 heteroatoms. The molecule has 1 aliphatic carbocycles. The first kappa shape index (κ1) is 19.0. The highest BCUT2D eigenvalue weighted by molar-refractivity contribution is 5.79. The lowest BCUT2D eigenvalue weighted by Gasteiger charge is -2.32. The van der Waals surface area contributed by atoms with Crippen molar-refractivity contribution in [2.45, 2.75) is 71.6 Å². The second-order valence-corrected chi connectivity index (χ2v) is 6.51. The topological polar surface area (TPSA) is 46.6 Å². The van der Waals surface area contributed by atoms with Crippen molar-refractivity contribution >= 4 is 11.9 Å². The molecule has 0 radical (unpaired) electrons. The van der Waals surface area contributed by atoms with Gasteiger partial charge in [0.05, 0.1) is 13.5 Å². The Morgan fingerprint density at radius 2 is 1.73 bits per heavy atom. The molecule has 0 N–H and O–H groups in total. The number of nitrogens with zero attached hydrogens (tertiary/aromatic N) is 1. The summed E-state index contributed by atoms with van der Waals surface area (Å²) in [4.78, 5) is 25.9. The van der Waals surface area contributed by atoms with Crippen molar-refractivity contribution in [2.24, 2.45) is 11.8 Å². The summed E-state index contributed by atoms with van der Waals surface area (Å²) in [6, 6.07) is 0. The molecule has 0 aromatic carbocycles. The Morgan fingerprint density at radius 1 is 1.05 bits per heavy atom. The molecule has 0 bridgehead atoms. The molecule has 0 aliphatic heterocycles. The van der Waals surface area contributed by atoms with E-state index in [1.807, 2.05) is 4.90 Å². The number of esters is 1. The van der Waals surface area contributed by atoms with Crippen molar-refractivity contribution in [3.8, 4) is 0 Å². The van der Waals surface area contributed by atoms with E-state index in [0.29, 0.717) is 13.0 Å². The summed E-state index contributed by atoms with van der Waals surface area (Å²) in [6.45, 7) is 5.54. The zero-order chi connectivity index (χ0) is 16.4. The molecular weight excluding hydrogens is 278 g/mol. The molecule has 1 amide bonds. The summed E-state index contributed by atoms with van der Waals surface area (Å²) in [5.41, 5.74) is 0. The number of carbonyl (C=O) groups is 2. The fourth-order valence-corrected chi connectivity index (χ4v) is 3.38. The van der Waals surface area contributed by atoms with E-state index < -0.39 is 0 Å². The summed E-state index contributed by atoms with van der Waals surface area (Å²) in [5.74, 6) is 0.998. The summed E-state index contributed by atoms with van der Waals surface area (Å²) in [5, 5.41) is 0. The average Bonchev–Trinajstić information content (AvgIpc) is 2.56. The number of carbonyl (C=O) groups excluding carboxylic acids is 2. The molecule has 0 spiro atoms. The van der Waals surface area contributed by atoms with Crippen molar-refractivity contribution in [3.63, 3.8) is 0 Å². The smallest absolute Gasteiger partial charge is 0.307 e. The van der Waals surface area contributed by atoms with Crippen LogP contribution in [0.1, 0.15) is 71.6 Å². The summed E-state index contributed by atoms with van der Waals surface area (Å²) < 4.78 is 4.68. The highest BCUT2D eigenvalue weighted by Crippen LogP contribution is 2.33. The van der Waals surface area contributed by atoms with E-state index >= 15 is 0 Å². The van der Waals surface area contributed by atoms with Gasteiger partial charge < -0.3 is 9.64 Å². The van der Waals surface area contributed by atoms with Crippen LogP contribution in [0.25, 0.3) is 0 Å². The van der Waals surface area contributed by atoms with Crippen LogP contribution in [0.15, 0.2) is 0 Å². The number of hydrogen-bond acceptors (Lipinski definition) is 3. The van der Waals surface area contributed by atoms with Gasteiger partial charge in [-0.3, -0.25) is 9.59 Å². The van der Waals surface area contributed by atoms with Crippen molar-refractivity contribution < 1.29 is 14.3 Å². The first-order valence-electron chi connectivity index (χ1n) is 8.97. The van der Waals surface area contributed by atoms with Crippen LogP contribution < -0.4 is 0 Å². The van der Waals surface area contributed by atoms with Crippen LogP contribution in [-0.2, 0) is 14.3 Å². The van der Waals surface area contributed by atoms with Gasteiger partial charge in [-0.1, -0.05) is 33.1 Å². The van der Waals surface area contributed by atoms with Gasteiger partial charge in [-0.05, 0) is 38.0 Å². The quantitative estimate of drug-likeness (QED) is 0.609. The van der Waals surface area contributed by atoms with E-state index in [-0.39, 0.29) is 17.8 Å². The fourth-order valence-electron chi connectivity index (χ4n) is 3.38. The minimum atomic E-state index is -0.239. The van der Waals surface area contributed by atoms with Gasteiger partial charge in [0.15, 0.2) is 0 Å². The Labute approximate surface area is 135 Å². The molecule has 0 aromatic rings. The Kier molecular flexibility index (Phi) is 9.17. The number of hydrogen-bond donors (Lipinski definition) is 0. The van der Waals surface area contributed by atoms with Gasteiger partial charge in [-0.2, -0.15) is 0 Å². The number of ether oxygens (including phenoxy) is 1. The predicted octanol–water partition coefficient (Wildman–Crippen LogP) is 3.78. The zero-order valence-corrected chi connectivity index (χ0v) is 14.6. The fraction of sp³-hybridized carbons (Fsp3) is 0.889. The minimum Gasteiger partial charge on any atom is -0.469 e. The summed E-state index contributed by atoms with van der Waals surface area (Å²) >= 11 is 0. The number of unbranched alkanes of at least 4 members (excludes halogenated alkanes) is 1. The Hall–Kier alpha value is -1.06. The molecule has 1 aliphatic rings. The van der Waals surface area contributed by atoms with Crippen LogP contribution in [0.3, 0.4) is 0 Å². The third-order valence-corrected chi connectivity index (χ3v) is 4.78. The molecular formula is C18H33NO3. The molecule has 4 nitrogen and oxygen atoms in total. The van der Waals surface area contributed by atoms with Gasteiger partial charge in [0.25, 0.3) is 0 Å². The van der Waals surface area contributed by atoms with E-state index in [4.69, 9.17) is 0 Å².